The minimum absolute atomic E-state index is 0.137. The van der Waals surface area contributed by atoms with Crippen LogP contribution in [0, 0.1) is 11.6 Å². The zero-order valence-electron chi connectivity index (χ0n) is 11.4. The van der Waals surface area contributed by atoms with Gasteiger partial charge in [-0.3, -0.25) is 4.79 Å². The maximum Gasteiger partial charge on any atom is 0.136 e. The lowest BCUT2D eigenvalue weighted by Gasteiger charge is -2.31. The van der Waals surface area contributed by atoms with Gasteiger partial charge >= 0.3 is 0 Å². The molecule has 1 aliphatic rings. The average Bonchev–Trinajstić information content (AvgIpc) is 2.48. The van der Waals surface area contributed by atoms with Crippen molar-refractivity contribution in [3.8, 4) is 0 Å². The number of nitrogens with one attached hydrogen (secondary N) is 1. The number of carbonyl (C=O) groups is 1. The fourth-order valence-corrected chi connectivity index (χ4v) is 2.72. The molecule has 2 unspecified atom stereocenters. The van der Waals surface area contributed by atoms with E-state index in [1.807, 2.05) is 0 Å². The quantitative estimate of drug-likeness (QED) is 0.912. The van der Waals surface area contributed by atoms with Crippen molar-refractivity contribution in [1.82, 2.24) is 5.32 Å². The molecule has 1 heterocycles. The van der Waals surface area contributed by atoms with Crippen LogP contribution in [0.4, 0.5) is 8.78 Å². The zero-order valence-corrected chi connectivity index (χ0v) is 11.4. The first kappa shape index (κ1) is 13.9. The average molecular weight is 287 g/mol. The highest BCUT2D eigenvalue weighted by Gasteiger charge is 2.28. The summed E-state index contributed by atoms with van der Waals surface area (Å²) in [4.78, 5) is 12.0. The van der Waals surface area contributed by atoms with Crippen LogP contribution in [0.3, 0.4) is 0 Å². The topological polar surface area (TPSA) is 29.1 Å². The van der Waals surface area contributed by atoms with Crippen molar-refractivity contribution in [3.63, 3.8) is 0 Å². The molecule has 4 heteroatoms. The maximum atomic E-state index is 13.0. The van der Waals surface area contributed by atoms with Gasteiger partial charge in [0.2, 0.25) is 0 Å². The van der Waals surface area contributed by atoms with E-state index in [4.69, 9.17) is 0 Å². The normalized spacial score (nSPS) is 22.3. The molecule has 0 amide bonds. The molecule has 108 valence electrons. The molecule has 0 aliphatic carbocycles. The van der Waals surface area contributed by atoms with Crippen LogP contribution in [-0.4, -0.2) is 5.78 Å². The highest BCUT2D eigenvalue weighted by molar-refractivity contribution is 5.81. The lowest BCUT2D eigenvalue weighted by Crippen LogP contribution is -2.35. The molecule has 0 saturated carbocycles. The Morgan fingerprint density at radius 3 is 1.52 bits per heavy atom. The fourth-order valence-electron chi connectivity index (χ4n) is 2.72. The largest absolute Gasteiger partial charge is 0.302 e. The Labute approximate surface area is 121 Å². The molecule has 2 nitrogen and oxygen atoms in total. The van der Waals surface area contributed by atoms with E-state index in [-0.39, 0.29) is 29.5 Å². The molecular weight excluding hydrogens is 272 g/mol. The van der Waals surface area contributed by atoms with Crippen LogP contribution in [0.25, 0.3) is 0 Å². The van der Waals surface area contributed by atoms with E-state index in [2.05, 4.69) is 5.32 Å². The predicted molar refractivity (Wildman–Crippen MR) is 75.7 cm³/mol. The van der Waals surface area contributed by atoms with E-state index in [9.17, 15) is 13.6 Å². The number of Topliss-reactive ketones (excluding diaryl/α,β-unsaturated/α-hetero) is 1. The molecule has 0 spiro atoms. The standard InChI is InChI=1S/C17H15F2NO/c18-13-5-1-11(2-6-13)16-9-15(21)10-17(20-16)12-3-7-14(19)8-4-12/h1-8,16-17,20H,9-10H2. The number of rotatable bonds is 2. The van der Waals surface area contributed by atoms with Crippen LogP contribution < -0.4 is 5.32 Å². The first-order valence-electron chi connectivity index (χ1n) is 6.90. The summed E-state index contributed by atoms with van der Waals surface area (Å²) in [6.07, 6.45) is 0.784. The Morgan fingerprint density at radius 1 is 0.762 bits per heavy atom. The number of hydrogen-bond donors (Lipinski definition) is 1. The molecule has 0 bridgehead atoms. The van der Waals surface area contributed by atoms with Gasteiger partial charge in [0.25, 0.3) is 0 Å². The molecule has 2 atom stereocenters. The van der Waals surface area contributed by atoms with Crippen molar-refractivity contribution in [1.29, 1.82) is 0 Å². The molecule has 2 aromatic rings. The number of halogens is 2. The molecule has 1 aliphatic heterocycles. The third-order valence-electron chi connectivity index (χ3n) is 3.81. The molecule has 1 fully saturated rings. The van der Waals surface area contributed by atoms with Gasteiger partial charge in [-0.2, -0.15) is 0 Å². The van der Waals surface area contributed by atoms with E-state index < -0.39 is 0 Å². The van der Waals surface area contributed by atoms with Crippen molar-refractivity contribution >= 4 is 5.78 Å². The lowest BCUT2D eigenvalue weighted by atomic mass is 9.89. The van der Waals surface area contributed by atoms with Crippen LogP contribution in [0.15, 0.2) is 48.5 Å². The van der Waals surface area contributed by atoms with Gasteiger partial charge in [-0.05, 0) is 35.4 Å². The predicted octanol–water partition coefficient (Wildman–Crippen LogP) is 3.70. The number of ketones is 1. The van der Waals surface area contributed by atoms with Gasteiger partial charge in [0.1, 0.15) is 17.4 Å². The van der Waals surface area contributed by atoms with Crippen LogP contribution in [0.5, 0.6) is 0 Å². The Kier molecular flexibility index (Phi) is 3.80. The van der Waals surface area contributed by atoms with Gasteiger partial charge in [-0.25, -0.2) is 8.78 Å². The number of piperidine rings is 1. The van der Waals surface area contributed by atoms with Gasteiger partial charge in [-0.15, -0.1) is 0 Å². The second kappa shape index (κ2) is 5.74. The fraction of sp³-hybridized carbons (Fsp3) is 0.235. The minimum Gasteiger partial charge on any atom is -0.302 e. The smallest absolute Gasteiger partial charge is 0.136 e. The van der Waals surface area contributed by atoms with E-state index >= 15 is 0 Å². The Balaban J connectivity index is 1.82. The van der Waals surface area contributed by atoms with Gasteiger partial charge in [0, 0.05) is 24.9 Å². The van der Waals surface area contributed by atoms with E-state index in [1.54, 1.807) is 24.3 Å². The first-order valence-corrected chi connectivity index (χ1v) is 6.90. The summed E-state index contributed by atoms with van der Waals surface area (Å²) in [5, 5.41) is 3.39. The monoisotopic (exact) mass is 287 g/mol. The van der Waals surface area contributed by atoms with Crippen LogP contribution in [0.2, 0.25) is 0 Å². The van der Waals surface area contributed by atoms with Gasteiger partial charge in [0.05, 0.1) is 0 Å². The summed E-state index contributed by atoms with van der Waals surface area (Å²) < 4.78 is 26.0. The summed E-state index contributed by atoms with van der Waals surface area (Å²) in [6, 6.07) is 12.0. The van der Waals surface area contributed by atoms with E-state index in [0.29, 0.717) is 12.8 Å². The molecule has 3 rings (SSSR count). The summed E-state index contributed by atoms with van der Waals surface area (Å²) >= 11 is 0. The lowest BCUT2D eigenvalue weighted by molar-refractivity contribution is -0.121. The molecule has 21 heavy (non-hydrogen) atoms. The summed E-state index contributed by atoms with van der Waals surface area (Å²) in [5.41, 5.74) is 1.77. The number of benzene rings is 2. The Hall–Kier alpha value is -2.07. The molecule has 0 aromatic heterocycles. The molecule has 0 radical (unpaired) electrons. The molecule has 1 N–H and O–H groups in total. The van der Waals surface area contributed by atoms with Gasteiger partial charge < -0.3 is 5.32 Å². The van der Waals surface area contributed by atoms with Crippen molar-refractivity contribution in [2.24, 2.45) is 0 Å². The molecule has 1 saturated heterocycles. The van der Waals surface area contributed by atoms with Crippen LogP contribution in [0.1, 0.15) is 36.1 Å². The van der Waals surface area contributed by atoms with Crippen molar-refractivity contribution in [3.05, 3.63) is 71.3 Å². The van der Waals surface area contributed by atoms with Crippen LogP contribution in [-0.2, 0) is 4.79 Å². The van der Waals surface area contributed by atoms with Gasteiger partial charge in [0.15, 0.2) is 0 Å². The maximum absolute atomic E-state index is 13.0. The first-order chi connectivity index (χ1) is 10.1. The van der Waals surface area contributed by atoms with Crippen molar-refractivity contribution in [2.75, 3.05) is 0 Å². The Bertz CT molecular complexity index is 581. The highest BCUT2D eigenvalue weighted by Crippen LogP contribution is 2.30. The zero-order chi connectivity index (χ0) is 14.8. The van der Waals surface area contributed by atoms with Crippen molar-refractivity contribution in [2.45, 2.75) is 24.9 Å². The van der Waals surface area contributed by atoms with Gasteiger partial charge in [-0.1, -0.05) is 24.3 Å². The molecular formula is C17H15F2NO. The second-order valence-corrected chi connectivity index (χ2v) is 5.32. The summed E-state index contributed by atoms with van der Waals surface area (Å²) in [7, 11) is 0. The number of hydrogen-bond acceptors (Lipinski definition) is 2. The third kappa shape index (κ3) is 3.16. The summed E-state index contributed by atoms with van der Waals surface area (Å²) in [5.74, 6) is -0.440. The van der Waals surface area contributed by atoms with Crippen LogP contribution >= 0.6 is 0 Å². The number of carbonyl (C=O) groups excluding carboxylic acids is 1. The highest BCUT2D eigenvalue weighted by atomic mass is 19.1. The van der Waals surface area contributed by atoms with Crippen molar-refractivity contribution < 1.29 is 13.6 Å². The summed E-state index contributed by atoms with van der Waals surface area (Å²) in [6.45, 7) is 0. The molecule has 2 aromatic carbocycles. The minimum atomic E-state index is -0.295. The SMILES string of the molecule is O=C1CC(c2ccc(F)cc2)NC(c2ccc(F)cc2)C1. The third-order valence-corrected chi connectivity index (χ3v) is 3.81. The second-order valence-electron chi connectivity index (χ2n) is 5.32. The van der Waals surface area contributed by atoms with E-state index in [0.717, 1.165) is 11.1 Å². The Morgan fingerprint density at radius 2 is 1.14 bits per heavy atom. The van der Waals surface area contributed by atoms with E-state index in [1.165, 1.54) is 24.3 Å².